The quantitative estimate of drug-likeness (QED) is 0.0573. The van der Waals surface area contributed by atoms with Gasteiger partial charge in [0.15, 0.2) is 0 Å². The van der Waals surface area contributed by atoms with Crippen LogP contribution in [0.1, 0.15) is 195 Å². The summed E-state index contributed by atoms with van der Waals surface area (Å²) < 4.78 is 21.1. The van der Waals surface area contributed by atoms with Gasteiger partial charge in [0, 0.05) is 0 Å². The first kappa shape index (κ1) is 49.8. The molecule has 0 radical (unpaired) electrons. The van der Waals surface area contributed by atoms with E-state index >= 15 is 0 Å². The molecule has 3 aromatic carbocycles. The van der Waals surface area contributed by atoms with Crippen molar-refractivity contribution < 1.29 is 13.6 Å². The molecule has 0 heterocycles. The molecule has 0 N–H and O–H groups in total. The van der Waals surface area contributed by atoms with Gasteiger partial charge in [-0.2, -0.15) is 0 Å². The van der Waals surface area contributed by atoms with Gasteiger partial charge in [-0.3, -0.25) is 0 Å². The number of rotatable bonds is 33. The summed E-state index contributed by atoms with van der Waals surface area (Å²) in [6.45, 7) is 21.1. The van der Waals surface area contributed by atoms with Gasteiger partial charge in [-0.05, 0) is 109 Å². The van der Waals surface area contributed by atoms with Crippen LogP contribution in [0.3, 0.4) is 0 Å². The van der Waals surface area contributed by atoms with Crippen LogP contribution >= 0.6 is 8.60 Å². The van der Waals surface area contributed by atoms with E-state index < -0.39 is 8.60 Å². The molecule has 6 atom stereocenters. The first-order chi connectivity index (χ1) is 28.3. The Bertz CT molecular complexity index is 1300. The molecular weight excluding hydrogens is 728 g/mol. The van der Waals surface area contributed by atoms with E-state index in [0.29, 0.717) is 17.8 Å². The highest BCUT2D eigenvalue weighted by Gasteiger charge is 2.27. The van der Waals surface area contributed by atoms with E-state index in [-0.39, 0.29) is 0 Å². The van der Waals surface area contributed by atoms with E-state index in [0.717, 1.165) is 54.3 Å². The second kappa shape index (κ2) is 29.7. The van der Waals surface area contributed by atoms with Crippen LogP contribution in [0, 0.1) is 35.5 Å². The highest BCUT2D eigenvalue weighted by atomic mass is 31.2. The van der Waals surface area contributed by atoms with Crippen molar-refractivity contribution in [2.75, 3.05) is 0 Å². The molecule has 0 fully saturated rings. The Balaban J connectivity index is 1.97. The molecule has 0 bridgehead atoms. The molecule has 0 spiro atoms. The van der Waals surface area contributed by atoms with Crippen LogP contribution in [0.15, 0.2) is 72.8 Å². The zero-order valence-electron chi connectivity index (χ0n) is 38.9. The number of benzene rings is 3. The topological polar surface area (TPSA) is 27.7 Å². The lowest BCUT2D eigenvalue weighted by molar-refractivity contribution is 0.322. The molecule has 4 heteroatoms. The summed E-state index contributed by atoms with van der Waals surface area (Å²) in [5.74, 6) is 6.89. The van der Waals surface area contributed by atoms with Gasteiger partial charge in [-0.15, -0.1) is 0 Å². The van der Waals surface area contributed by atoms with Crippen molar-refractivity contribution in [1.82, 2.24) is 0 Å². The minimum absolute atomic E-state index is 0.617. The summed E-state index contributed by atoms with van der Waals surface area (Å²) in [6.07, 6.45) is 25.9. The molecule has 6 unspecified atom stereocenters. The van der Waals surface area contributed by atoms with Gasteiger partial charge >= 0.3 is 8.60 Å². The van der Waals surface area contributed by atoms with Crippen molar-refractivity contribution in [2.24, 2.45) is 35.5 Å². The molecule has 0 aliphatic carbocycles. The van der Waals surface area contributed by atoms with Gasteiger partial charge in [0.2, 0.25) is 0 Å². The molecule has 0 aliphatic heterocycles. The smallest absolute Gasteiger partial charge is 0.408 e. The third-order valence-corrected chi connectivity index (χ3v) is 14.4. The van der Waals surface area contributed by atoms with E-state index in [1.54, 1.807) is 0 Å². The van der Waals surface area contributed by atoms with Gasteiger partial charge in [-0.25, -0.2) is 0 Å². The lowest BCUT2D eigenvalue weighted by Gasteiger charge is -2.26. The first-order valence-corrected chi connectivity index (χ1v) is 25.5. The lowest BCUT2D eigenvalue weighted by Crippen LogP contribution is -2.13. The van der Waals surface area contributed by atoms with Gasteiger partial charge in [0.25, 0.3) is 0 Å². The zero-order chi connectivity index (χ0) is 42.0. The van der Waals surface area contributed by atoms with Crippen LogP contribution in [0.2, 0.25) is 0 Å². The van der Waals surface area contributed by atoms with E-state index in [1.165, 1.54) is 132 Å². The fourth-order valence-electron chi connectivity index (χ4n) is 9.06. The Labute approximate surface area is 360 Å². The summed E-state index contributed by atoms with van der Waals surface area (Å²) in [4.78, 5) is 0. The summed E-state index contributed by atoms with van der Waals surface area (Å²) in [5.41, 5.74) is 3.77. The maximum atomic E-state index is 7.04. The van der Waals surface area contributed by atoms with Crippen molar-refractivity contribution in [3.05, 3.63) is 89.5 Å². The third-order valence-electron chi connectivity index (χ3n) is 13.3. The van der Waals surface area contributed by atoms with E-state index in [9.17, 15) is 0 Å². The molecule has 3 rings (SSSR count). The average Bonchev–Trinajstić information content (AvgIpc) is 3.25. The summed E-state index contributed by atoms with van der Waals surface area (Å²) in [5, 5.41) is 0. The monoisotopic (exact) mass is 815 g/mol. The van der Waals surface area contributed by atoms with Crippen LogP contribution in [-0.2, 0) is 19.3 Å². The number of hydrogen-bond acceptors (Lipinski definition) is 3. The molecular formula is C54H87O3P. The molecule has 58 heavy (non-hydrogen) atoms. The van der Waals surface area contributed by atoms with Gasteiger partial charge in [-0.1, -0.05) is 213 Å². The SMILES string of the molecule is CCCCC(CC)CC(CC)Cc1ccccc1OP(Oc1ccccc1CC(CC)CC(CC)CCCC)Oc1ccccc1CC(CC)CC(CC)CCCC. The molecule has 0 aromatic heterocycles. The second-order valence-electron chi connectivity index (χ2n) is 17.7. The number of para-hydroxylation sites is 3. The fraction of sp³-hybridized carbons (Fsp3) is 0.667. The van der Waals surface area contributed by atoms with Crippen LogP contribution in [0.25, 0.3) is 0 Å². The lowest BCUT2D eigenvalue weighted by atomic mass is 9.84. The summed E-state index contributed by atoms with van der Waals surface area (Å²) in [6, 6.07) is 26.0. The molecule has 326 valence electrons. The molecule has 0 aliphatic rings. The molecule has 0 saturated heterocycles. The van der Waals surface area contributed by atoms with Crippen molar-refractivity contribution in [2.45, 2.75) is 197 Å². The van der Waals surface area contributed by atoms with Crippen molar-refractivity contribution in [1.29, 1.82) is 0 Å². The maximum absolute atomic E-state index is 7.04. The standard InChI is InChI=1S/C54H87O3P/c1-10-19-28-43(13-4)37-46(16-7)40-49-31-22-25-34-52(49)55-58(56-53-35-26-23-32-50(53)41-47(17-8)38-44(14-5)29-20-11-2)57-54-36-27-24-33-51(54)42-48(18-9)39-45(15-6)30-21-12-3/h22-27,31-36,43-48H,10-21,28-30,37-42H2,1-9H3. The van der Waals surface area contributed by atoms with Crippen LogP contribution in [0.4, 0.5) is 0 Å². The minimum Gasteiger partial charge on any atom is -0.408 e. The summed E-state index contributed by atoms with van der Waals surface area (Å²) in [7, 11) is -1.81. The van der Waals surface area contributed by atoms with Gasteiger partial charge in [0.1, 0.15) is 17.2 Å². The van der Waals surface area contributed by atoms with E-state index in [4.69, 9.17) is 13.6 Å². The predicted octanol–water partition coefficient (Wildman–Crippen LogP) is 18.0. The zero-order valence-corrected chi connectivity index (χ0v) is 39.8. The maximum Gasteiger partial charge on any atom is 0.530 e. The van der Waals surface area contributed by atoms with Crippen molar-refractivity contribution in [3.63, 3.8) is 0 Å². The van der Waals surface area contributed by atoms with Gasteiger partial charge in [0.05, 0.1) is 0 Å². The van der Waals surface area contributed by atoms with Crippen LogP contribution in [0.5, 0.6) is 17.2 Å². The third kappa shape index (κ3) is 18.0. The largest absolute Gasteiger partial charge is 0.530 e. The number of unbranched alkanes of at least 4 members (excludes halogenated alkanes) is 3. The minimum atomic E-state index is -1.81. The Morgan fingerprint density at radius 3 is 0.862 bits per heavy atom. The normalized spacial score (nSPS) is 15.3. The molecule has 0 amide bonds. The van der Waals surface area contributed by atoms with E-state index in [1.807, 2.05) is 0 Å². The van der Waals surface area contributed by atoms with Crippen molar-refractivity contribution in [3.8, 4) is 17.2 Å². The van der Waals surface area contributed by atoms with Crippen LogP contribution < -0.4 is 13.6 Å². The second-order valence-corrected chi connectivity index (χ2v) is 18.7. The van der Waals surface area contributed by atoms with Crippen LogP contribution in [-0.4, -0.2) is 0 Å². The Morgan fingerprint density at radius 2 is 0.621 bits per heavy atom. The molecule has 0 saturated carbocycles. The van der Waals surface area contributed by atoms with Crippen molar-refractivity contribution >= 4 is 8.60 Å². The Hall–Kier alpha value is -2.51. The predicted molar refractivity (Wildman–Crippen MR) is 254 cm³/mol. The molecule has 3 nitrogen and oxygen atoms in total. The highest BCUT2D eigenvalue weighted by Crippen LogP contribution is 2.46. The highest BCUT2D eigenvalue weighted by molar-refractivity contribution is 7.43. The summed E-state index contributed by atoms with van der Waals surface area (Å²) >= 11 is 0. The average molecular weight is 815 g/mol. The fourth-order valence-corrected chi connectivity index (χ4v) is 10.2. The Morgan fingerprint density at radius 1 is 0.362 bits per heavy atom. The Kier molecular flexibility index (Phi) is 25.5. The van der Waals surface area contributed by atoms with Gasteiger partial charge < -0.3 is 13.6 Å². The molecule has 3 aromatic rings. The number of hydrogen-bond donors (Lipinski definition) is 0. The first-order valence-electron chi connectivity index (χ1n) is 24.4. The van der Waals surface area contributed by atoms with E-state index in [2.05, 4.69) is 135 Å².